The molecule has 2 amide bonds. The Balaban J connectivity index is 1.92. The third-order valence-corrected chi connectivity index (χ3v) is 6.50. The predicted octanol–water partition coefficient (Wildman–Crippen LogP) is 3.95. The second-order valence-corrected chi connectivity index (χ2v) is 9.56. The molecule has 1 heterocycles. The minimum Gasteiger partial charge on any atom is -0.322 e. The maximum absolute atomic E-state index is 12.5. The monoisotopic (exact) mass is 426 g/mol. The van der Waals surface area contributed by atoms with Crippen LogP contribution in [0, 0.1) is 5.41 Å². The second kappa shape index (κ2) is 6.82. The van der Waals surface area contributed by atoms with Crippen LogP contribution in [0.2, 0.25) is 10.0 Å². The average Bonchev–Trinajstić information content (AvgIpc) is 2.69. The van der Waals surface area contributed by atoms with Crippen molar-refractivity contribution in [2.75, 3.05) is 15.4 Å². The molecule has 0 unspecified atom stereocenters. The van der Waals surface area contributed by atoms with E-state index in [-0.39, 0.29) is 17.0 Å². The van der Waals surface area contributed by atoms with Crippen molar-refractivity contribution in [3.05, 3.63) is 58.1 Å². The van der Waals surface area contributed by atoms with Gasteiger partial charge in [0, 0.05) is 21.3 Å². The summed E-state index contributed by atoms with van der Waals surface area (Å²) >= 11 is 11.8. The molecule has 0 atom stereocenters. The van der Waals surface area contributed by atoms with E-state index in [0.29, 0.717) is 15.7 Å². The lowest BCUT2D eigenvalue weighted by molar-refractivity contribution is -0.123. The minimum absolute atomic E-state index is 0.127. The van der Waals surface area contributed by atoms with Crippen molar-refractivity contribution < 1.29 is 18.0 Å². The van der Waals surface area contributed by atoms with Crippen LogP contribution in [0.15, 0.2) is 42.5 Å². The fourth-order valence-corrected chi connectivity index (χ4v) is 5.49. The normalized spacial score (nSPS) is 17.8. The van der Waals surface area contributed by atoms with Gasteiger partial charge >= 0.3 is 0 Å². The first-order valence-corrected chi connectivity index (χ1v) is 10.3. The molecule has 2 aromatic rings. The van der Waals surface area contributed by atoms with Crippen LogP contribution < -0.4 is 9.62 Å². The molecule has 9 heteroatoms. The summed E-state index contributed by atoms with van der Waals surface area (Å²) in [5.74, 6) is -1.30. The zero-order valence-corrected chi connectivity index (χ0v) is 16.8. The average molecular weight is 427 g/mol. The molecule has 142 valence electrons. The Morgan fingerprint density at radius 3 is 2.30 bits per heavy atom. The minimum atomic E-state index is -3.79. The maximum Gasteiger partial charge on any atom is 0.255 e. The number of halogens is 2. The number of carbonyl (C=O) groups is 2. The first kappa shape index (κ1) is 19.7. The van der Waals surface area contributed by atoms with Crippen molar-refractivity contribution >= 4 is 56.4 Å². The summed E-state index contributed by atoms with van der Waals surface area (Å²) in [5, 5.41) is 3.37. The van der Waals surface area contributed by atoms with Gasteiger partial charge in [0.2, 0.25) is 15.9 Å². The molecule has 1 N–H and O–H groups in total. The van der Waals surface area contributed by atoms with E-state index < -0.39 is 27.3 Å². The van der Waals surface area contributed by atoms with E-state index >= 15 is 0 Å². The van der Waals surface area contributed by atoms with Crippen LogP contribution in [0.1, 0.15) is 24.2 Å². The number of rotatable bonds is 3. The molecule has 27 heavy (non-hydrogen) atoms. The standard InChI is InChI=1S/C18H16Cl2N2O4S/c1-18(2)10-27(25,26)22(17(18)24)15-5-3-4-11(6-15)16(23)21-14-8-12(19)7-13(20)9-14/h3-9H,10H2,1-2H3,(H,21,23). The van der Waals surface area contributed by atoms with Crippen LogP contribution in [0.3, 0.4) is 0 Å². The smallest absolute Gasteiger partial charge is 0.255 e. The van der Waals surface area contributed by atoms with Crippen LogP contribution in [0.4, 0.5) is 11.4 Å². The number of nitrogens with zero attached hydrogens (tertiary/aromatic N) is 1. The van der Waals surface area contributed by atoms with Crippen molar-refractivity contribution in [3.63, 3.8) is 0 Å². The largest absolute Gasteiger partial charge is 0.322 e. The lowest BCUT2D eigenvalue weighted by Gasteiger charge is -2.18. The highest BCUT2D eigenvalue weighted by atomic mass is 35.5. The van der Waals surface area contributed by atoms with E-state index in [1.165, 1.54) is 42.5 Å². The van der Waals surface area contributed by atoms with Gasteiger partial charge in [0.05, 0.1) is 16.9 Å². The van der Waals surface area contributed by atoms with Crippen molar-refractivity contribution in [3.8, 4) is 0 Å². The zero-order valence-electron chi connectivity index (χ0n) is 14.5. The van der Waals surface area contributed by atoms with Gasteiger partial charge in [-0.05, 0) is 50.2 Å². The predicted molar refractivity (Wildman–Crippen MR) is 106 cm³/mol. The number of hydrogen-bond acceptors (Lipinski definition) is 4. The Bertz CT molecular complexity index is 1030. The molecule has 0 aromatic heterocycles. The summed E-state index contributed by atoms with van der Waals surface area (Å²) in [6.07, 6.45) is 0. The SMILES string of the molecule is CC1(C)CS(=O)(=O)N(c2cccc(C(=O)Nc3cc(Cl)cc(Cl)c3)c2)C1=O. The number of sulfonamides is 1. The molecule has 0 saturated carbocycles. The van der Waals surface area contributed by atoms with Crippen molar-refractivity contribution in [1.82, 2.24) is 0 Å². The van der Waals surface area contributed by atoms with Gasteiger partial charge in [-0.25, -0.2) is 12.7 Å². The number of hydrogen-bond donors (Lipinski definition) is 1. The summed E-state index contributed by atoms with van der Waals surface area (Å²) in [4.78, 5) is 25.0. The molecule has 0 bridgehead atoms. The van der Waals surface area contributed by atoms with Gasteiger partial charge in [0.1, 0.15) is 0 Å². The number of benzene rings is 2. The molecular weight excluding hydrogens is 411 g/mol. The molecule has 0 radical (unpaired) electrons. The first-order valence-electron chi connectivity index (χ1n) is 7.94. The lowest BCUT2D eigenvalue weighted by Crippen LogP contribution is -2.33. The summed E-state index contributed by atoms with van der Waals surface area (Å²) in [7, 11) is -3.79. The fourth-order valence-electron chi connectivity index (χ4n) is 2.86. The molecule has 2 aromatic carbocycles. The first-order chi connectivity index (χ1) is 12.5. The third kappa shape index (κ3) is 3.95. The molecule has 6 nitrogen and oxygen atoms in total. The summed E-state index contributed by atoms with van der Waals surface area (Å²) < 4.78 is 25.6. The van der Waals surface area contributed by atoms with Crippen LogP contribution in [0.25, 0.3) is 0 Å². The lowest BCUT2D eigenvalue weighted by atomic mass is 9.95. The third-order valence-electron chi connectivity index (χ3n) is 4.05. The van der Waals surface area contributed by atoms with E-state index in [0.717, 1.165) is 4.31 Å². The van der Waals surface area contributed by atoms with E-state index in [1.807, 2.05) is 0 Å². The number of anilines is 2. The van der Waals surface area contributed by atoms with E-state index in [1.54, 1.807) is 13.8 Å². The Morgan fingerprint density at radius 2 is 1.74 bits per heavy atom. The Labute approximate surface area is 167 Å². The van der Waals surface area contributed by atoms with Crippen molar-refractivity contribution in [2.45, 2.75) is 13.8 Å². The summed E-state index contributed by atoms with van der Waals surface area (Å²) in [6, 6.07) is 10.5. The van der Waals surface area contributed by atoms with E-state index in [9.17, 15) is 18.0 Å². The van der Waals surface area contributed by atoms with Crippen LogP contribution in [0.5, 0.6) is 0 Å². The molecule has 1 saturated heterocycles. The molecule has 0 aliphatic carbocycles. The van der Waals surface area contributed by atoms with E-state index in [4.69, 9.17) is 23.2 Å². The van der Waals surface area contributed by atoms with Gasteiger partial charge in [-0.3, -0.25) is 9.59 Å². The Morgan fingerprint density at radius 1 is 1.11 bits per heavy atom. The number of nitrogens with one attached hydrogen (secondary N) is 1. The highest BCUT2D eigenvalue weighted by Crippen LogP contribution is 2.36. The summed E-state index contributed by atoms with van der Waals surface area (Å²) in [6.45, 7) is 3.15. The molecule has 1 aliphatic rings. The van der Waals surface area contributed by atoms with Gasteiger partial charge in [0.25, 0.3) is 5.91 Å². The van der Waals surface area contributed by atoms with Gasteiger partial charge in [-0.2, -0.15) is 0 Å². The quantitative estimate of drug-likeness (QED) is 0.804. The van der Waals surface area contributed by atoms with Gasteiger partial charge in [-0.1, -0.05) is 29.3 Å². The van der Waals surface area contributed by atoms with Crippen molar-refractivity contribution in [2.24, 2.45) is 5.41 Å². The highest BCUT2D eigenvalue weighted by molar-refractivity contribution is 7.94. The number of carbonyl (C=O) groups excluding carboxylic acids is 2. The van der Waals surface area contributed by atoms with Crippen molar-refractivity contribution in [1.29, 1.82) is 0 Å². The van der Waals surface area contributed by atoms with Gasteiger partial charge in [-0.15, -0.1) is 0 Å². The molecule has 1 fully saturated rings. The second-order valence-electron chi connectivity index (χ2n) is 6.87. The summed E-state index contributed by atoms with van der Waals surface area (Å²) in [5.41, 5.74) is -0.304. The number of amides is 2. The molecule has 3 rings (SSSR count). The van der Waals surface area contributed by atoms with Gasteiger partial charge in [0.15, 0.2) is 0 Å². The van der Waals surface area contributed by atoms with E-state index in [2.05, 4.69) is 5.32 Å². The zero-order chi connectivity index (χ0) is 20.0. The Hall–Kier alpha value is -2.09. The van der Waals surface area contributed by atoms with Crippen LogP contribution in [-0.2, 0) is 14.8 Å². The van der Waals surface area contributed by atoms with Crippen LogP contribution in [-0.4, -0.2) is 26.0 Å². The topological polar surface area (TPSA) is 83.6 Å². The highest BCUT2D eigenvalue weighted by Gasteiger charge is 2.49. The Kier molecular flexibility index (Phi) is 4.96. The van der Waals surface area contributed by atoms with Gasteiger partial charge < -0.3 is 5.32 Å². The molecular formula is C18H16Cl2N2O4S. The fraction of sp³-hybridized carbons (Fsp3) is 0.222. The van der Waals surface area contributed by atoms with Crippen LogP contribution >= 0.6 is 23.2 Å². The maximum atomic E-state index is 12.5. The molecule has 1 aliphatic heterocycles. The molecule has 0 spiro atoms.